The van der Waals surface area contributed by atoms with Gasteiger partial charge in [0.25, 0.3) is 0 Å². The summed E-state index contributed by atoms with van der Waals surface area (Å²) < 4.78 is 16.6. The summed E-state index contributed by atoms with van der Waals surface area (Å²) in [7, 11) is 0. The zero-order valence-corrected chi connectivity index (χ0v) is 20.3. The van der Waals surface area contributed by atoms with Crippen molar-refractivity contribution in [3.05, 3.63) is 113 Å². The van der Waals surface area contributed by atoms with Gasteiger partial charge >= 0.3 is 0 Å². The van der Waals surface area contributed by atoms with Gasteiger partial charge in [-0.3, -0.25) is 4.90 Å². The number of imidazole rings is 1. The van der Waals surface area contributed by atoms with Gasteiger partial charge in [-0.25, -0.2) is 9.37 Å². The second kappa shape index (κ2) is 11.8. The molecule has 1 aromatic heterocycles. The first-order valence-electron chi connectivity index (χ1n) is 12.2. The van der Waals surface area contributed by atoms with Crippen molar-refractivity contribution >= 4 is 0 Å². The minimum atomic E-state index is -0.139. The van der Waals surface area contributed by atoms with Gasteiger partial charge in [-0.05, 0) is 42.5 Å². The van der Waals surface area contributed by atoms with Crippen LogP contribution in [0.1, 0.15) is 42.1 Å². The Morgan fingerprint density at radius 2 is 1.62 bits per heavy atom. The van der Waals surface area contributed by atoms with Crippen LogP contribution in [0.2, 0.25) is 0 Å². The highest BCUT2D eigenvalue weighted by molar-refractivity contribution is 5.55. The van der Waals surface area contributed by atoms with Crippen LogP contribution in [0.25, 0.3) is 11.4 Å². The van der Waals surface area contributed by atoms with Gasteiger partial charge in [0.05, 0.1) is 11.9 Å². The molecule has 0 atom stereocenters. The minimum absolute atomic E-state index is 0.139. The highest BCUT2D eigenvalue weighted by Gasteiger charge is 2.16. The third-order valence-electron chi connectivity index (χ3n) is 6.29. The highest BCUT2D eigenvalue weighted by Crippen LogP contribution is 2.22. The molecule has 1 heterocycles. The second-order valence-corrected chi connectivity index (χ2v) is 8.97. The predicted octanol–water partition coefficient (Wildman–Crippen LogP) is 7.04. The number of rotatable bonds is 11. The molecule has 0 saturated heterocycles. The summed E-state index contributed by atoms with van der Waals surface area (Å²) in [6, 6.07) is 26.5. The van der Waals surface area contributed by atoms with Crippen LogP contribution in [0, 0.1) is 12.7 Å². The standard InChI is InChI=1S/C30H34FN3/c1-3-4-18-34-28(21-32-30(34)27-13-9-6-10-14-27)23-33(19-17-25-11-7-5-8-12-25)22-26-16-15-24(2)29(31)20-26/h5-16,20-21H,3-4,17-19,22-23H2,1-2H3. The van der Waals surface area contributed by atoms with Gasteiger partial charge < -0.3 is 4.57 Å². The third-order valence-corrected chi connectivity index (χ3v) is 6.29. The number of aromatic nitrogens is 2. The van der Waals surface area contributed by atoms with Gasteiger partial charge in [-0.1, -0.05) is 86.1 Å². The Bertz CT molecular complexity index is 1170. The third kappa shape index (κ3) is 6.21. The van der Waals surface area contributed by atoms with Crippen molar-refractivity contribution in [1.82, 2.24) is 14.5 Å². The summed E-state index contributed by atoms with van der Waals surface area (Å²) in [6.07, 6.45) is 5.20. The van der Waals surface area contributed by atoms with Crippen LogP contribution in [0.15, 0.2) is 85.1 Å². The SMILES string of the molecule is CCCCn1c(CN(CCc2ccccc2)Cc2ccc(C)c(F)c2)cnc1-c1ccccc1. The molecule has 0 fully saturated rings. The van der Waals surface area contributed by atoms with Crippen molar-refractivity contribution < 1.29 is 4.39 Å². The lowest BCUT2D eigenvalue weighted by atomic mass is 10.1. The molecule has 0 saturated carbocycles. The van der Waals surface area contributed by atoms with Crippen molar-refractivity contribution in [1.29, 1.82) is 0 Å². The van der Waals surface area contributed by atoms with Crippen molar-refractivity contribution in [3.8, 4) is 11.4 Å². The normalized spacial score (nSPS) is 11.3. The van der Waals surface area contributed by atoms with Gasteiger partial charge in [-0.15, -0.1) is 0 Å². The average Bonchev–Trinajstić information content (AvgIpc) is 3.26. The second-order valence-electron chi connectivity index (χ2n) is 8.97. The molecule has 3 nitrogen and oxygen atoms in total. The van der Waals surface area contributed by atoms with Crippen LogP contribution in [0.4, 0.5) is 4.39 Å². The Balaban J connectivity index is 1.60. The fourth-order valence-electron chi connectivity index (χ4n) is 4.29. The lowest BCUT2D eigenvalue weighted by molar-refractivity contribution is 0.252. The van der Waals surface area contributed by atoms with Crippen LogP contribution in [-0.4, -0.2) is 21.0 Å². The van der Waals surface area contributed by atoms with E-state index in [9.17, 15) is 4.39 Å². The fourth-order valence-corrected chi connectivity index (χ4v) is 4.29. The van der Waals surface area contributed by atoms with E-state index in [4.69, 9.17) is 4.98 Å². The van der Waals surface area contributed by atoms with E-state index in [2.05, 4.69) is 64.9 Å². The maximum absolute atomic E-state index is 14.3. The van der Waals surface area contributed by atoms with E-state index in [0.29, 0.717) is 12.1 Å². The van der Waals surface area contributed by atoms with Crippen molar-refractivity contribution in [2.75, 3.05) is 6.54 Å². The van der Waals surface area contributed by atoms with E-state index in [1.807, 2.05) is 37.4 Å². The number of hydrogen-bond donors (Lipinski definition) is 0. The molecule has 0 spiro atoms. The summed E-state index contributed by atoms with van der Waals surface area (Å²) >= 11 is 0. The van der Waals surface area contributed by atoms with E-state index in [-0.39, 0.29) is 5.82 Å². The number of nitrogens with zero attached hydrogens (tertiary/aromatic N) is 3. The molecule has 4 aromatic rings. The average molecular weight is 456 g/mol. The molecule has 0 N–H and O–H groups in total. The summed E-state index contributed by atoms with van der Waals surface area (Å²) in [5.41, 5.74) is 5.34. The van der Waals surface area contributed by atoms with Gasteiger partial charge in [0, 0.05) is 31.7 Å². The lowest BCUT2D eigenvalue weighted by Crippen LogP contribution is -2.27. The number of unbranched alkanes of at least 4 members (excludes halogenated alkanes) is 1. The van der Waals surface area contributed by atoms with Crippen LogP contribution in [0.3, 0.4) is 0 Å². The molecule has 3 aromatic carbocycles. The Hall–Kier alpha value is -3.24. The Morgan fingerprint density at radius 1 is 0.882 bits per heavy atom. The van der Waals surface area contributed by atoms with Gasteiger partial charge in [-0.2, -0.15) is 0 Å². The maximum atomic E-state index is 14.3. The largest absolute Gasteiger partial charge is 0.327 e. The first-order chi connectivity index (χ1) is 16.6. The minimum Gasteiger partial charge on any atom is -0.327 e. The number of hydrogen-bond acceptors (Lipinski definition) is 2. The molecule has 0 aliphatic heterocycles. The summed E-state index contributed by atoms with van der Waals surface area (Å²) in [4.78, 5) is 7.23. The highest BCUT2D eigenvalue weighted by atomic mass is 19.1. The molecule has 34 heavy (non-hydrogen) atoms. The van der Waals surface area contributed by atoms with Crippen molar-refractivity contribution in [3.63, 3.8) is 0 Å². The number of benzene rings is 3. The summed E-state index contributed by atoms with van der Waals surface area (Å²) in [6.45, 7) is 7.33. The molecule has 0 amide bonds. The molecular formula is C30H34FN3. The topological polar surface area (TPSA) is 21.1 Å². The zero-order valence-electron chi connectivity index (χ0n) is 20.3. The molecule has 0 unspecified atom stereocenters. The molecular weight excluding hydrogens is 421 g/mol. The van der Waals surface area contributed by atoms with Gasteiger partial charge in [0.2, 0.25) is 0 Å². The predicted molar refractivity (Wildman–Crippen MR) is 138 cm³/mol. The Morgan fingerprint density at radius 3 is 2.32 bits per heavy atom. The molecule has 0 aliphatic carbocycles. The van der Waals surface area contributed by atoms with E-state index >= 15 is 0 Å². The van der Waals surface area contributed by atoms with Crippen LogP contribution < -0.4 is 0 Å². The Kier molecular flexibility index (Phi) is 8.26. The van der Waals surface area contributed by atoms with Crippen molar-refractivity contribution in [2.45, 2.75) is 52.7 Å². The first-order valence-corrected chi connectivity index (χ1v) is 12.2. The Labute approximate surface area is 202 Å². The fraction of sp³-hybridized carbons (Fsp3) is 0.300. The number of aryl methyl sites for hydroxylation is 1. The summed E-state index contributed by atoms with van der Waals surface area (Å²) in [5.74, 6) is 0.883. The van der Waals surface area contributed by atoms with Gasteiger partial charge in [0.1, 0.15) is 11.6 Å². The van der Waals surface area contributed by atoms with Crippen LogP contribution in [0.5, 0.6) is 0 Å². The van der Waals surface area contributed by atoms with E-state index in [1.165, 1.54) is 11.3 Å². The molecule has 176 valence electrons. The number of halogens is 1. The van der Waals surface area contributed by atoms with Crippen molar-refractivity contribution in [2.24, 2.45) is 0 Å². The maximum Gasteiger partial charge on any atom is 0.140 e. The van der Waals surface area contributed by atoms with Crippen LogP contribution >= 0.6 is 0 Å². The zero-order chi connectivity index (χ0) is 23.8. The lowest BCUT2D eigenvalue weighted by Gasteiger charge is -2.24. The van der Waals surface area contributed by atoms with Crippen LogP contribution in [-0.2, 0) is 26.1 Å². The molecule has 0 radical (unpaired) electrons. The summed E-state index contributed by atoms with van der Waals surface area (Å²) in [5, 5.41) is 0. The molecule has 0 aliphatic rings. The smallest absolute Gasteiger partial charge is 0.140 e. The van der Waals surface area contributed by atoms with E-state index in [0.717, 1.165) is 55.8 Å². The molecule has 4 rings (SSSR count). The van der Waals surface area contributed by atoms with E-state index in [1.54, 1.807) is 6.07 Å². The molecule has 4 heteroatoms. The molecule has 0 bridgehead atoms. The first kappa shape index (κ1) is 23.9. The van der Waals surface area contributed by atoms with Gasteiger partial charge in [0.15, 0.2) is 0 Å². The monoisotopic (exact) mass is 455 g/mol. The quantitative estimate of drug-likeness (QED) is 0.242. The van der Waals surface area contributed by atoms with E-state index < -0.39 is 0 Å².